The Kier molecular flexibility index (Phi) is 3.01. The molecule has 4 heterocycles. The largest absolute Gasteiger partial charge is 0.307 e. The highest BCUT2D eigenvalue weighted by Crippen LogP contribution is 2.49. The van der Waals surface area contributed by atoms with Gasteiger partial charge in [-0.1, -0.05) is 42.5 Å². The molecule has 0 fully saturated rings. The molecule has 9 rings (SSSR count). The highest BCUT2D eigenvalue weighted by atomic mass is 15.0. The van der Waals surface area contributed by atoms with E-state index in [4.69, 9.17) is 4.98 Å². The molecule has 0 atom stereocenters. The van der Waals surface area contributed by atoms with Gasteiger partial charge < -0.3 is 4.57 Å². The molecule has 4 aromatic heterocycles. The zero-order chi connectivity index (χ0) is 22.7. The Hall–Kier alpha value is -4.83. The standard InChI is InChI=1S/C31H16N4/c1-3-17-8-10-23-29-26(17)20(4-1)21-16-32-15-19-7-6-18-9-11-24(30(29)28(18)27(19)21)35(23)25-12-14-33-22-5-2-13-34-31(22)25/h1-16H. The first-order chi connectivity index (χ1) is 17.4. The molecule has 0 aliphatic heterocycles. The maximum absolute atomic E-state index is 4.74. The van der Waals surface area contributed by atoms with Crippen molar-refractivity contribution in [1.29, 1.82) is 0 Å². The third-order valence-electron chi connectivity index (χ3n) is 7.64. The molecule has 0 saturated carbocycles. The molecule has 4 nitrogen and oxygen atoms in total. The first-order valence-electron chi connectivity index (χ1n) is 11.8. The van der Waals surface area contributed by atoms with Crippen LogP contribution >= 0.6 is 0 Å². The fraction of sp³-hybridized carbons (Fsp3) is 0. The lowest BCUT2D eigenvalue weighted by atomic mass is 9.95. The van der Waals surface area contributed by atoms with E-state index in [2.05, 4.69) is 75.2 Å². The summed E-state index contributed by atoms with van der Waals surface area (Å²) in [4.78, 5) is 13.9. The summed E-state index contributed by atoms with van der Waals surface area (Å²) >= 11 is 0. The molecule has 4 aromatic carbocycles. The van der Waals surface area contributed by atoms with Crippen LogP contribution in [0.25, 0.3) is 82.0 Å². The van der Waals surface area contributed by atoms with E-state index in [0.717, 1.165) is 16.7 Å². The number of fused-ring (bicyclic) bond motifs is 2. The monoisotopic (exact) mass is 444 g/mol. The van der Waals surface area contributed by atoms with Crippen molar-refractivity contribution >= 4 is 65.2 Å². The minimum absolute atomic E-state index is 0.896. The predicted octanol–water partition coefficient (Wildman–Crippen LogP) is 7.56. The molecule has 1 aliphatic rings. The number of aromatic nitrogens is 4. The summed E-state index contributed by atoms with van der Waals surface area (Å²) < 4.78 is 2.38. The lowest BCUT2D eigenvalue weighted by Crippen LogP contribution is -1.98. The number of hydrogen-bond donors (Lipinski definition) is 0. The van der Waals surface area contributed by atoms with E-state index < -0.39 is 0 Å². The average molecular weight is 444 g/mol. The van der Waals surface area contributed by atoms with Crippen molar-refractivity contribution in [1.82, 2.24) is 19.5 Å². The lowest BCUT2D eigenvalue weighted by molar-refractivity contribution is 1.17. The van der Waals surface area contributed by atoms with E-state index in [1.807, 2.05) is 36.9 Å². The van der Waals surface area contributed by atoms with Crippen LogP contribution in [0.3, 0.4) is 0 Å². The number of pyridine rings is 3. The number of hydrogen-bond acceptors (Lipinski definition) is 3. The first kappa shape index (κ1) is 17.6. The molecule has 0 spiro atoms. The maximum Gasteiger partial charge on any atom is 0.113 e. The summed E-state index contributed by atoms with van der Waals surface area (Å²) in [6, 6.07) is 26.1. The molecular weight excluding hydrogens is 428 g/mol. The van der Waals surface area contributed by atoms with Gasteiger partial charge in [0.15, 0.2) is 0 Å². The molecule has 0 saturated heterocycles. The van der Waals surface area contributed by atoms with E-state index in [1.54, 1.807) is 0 Å². The zero-order valence-corrected chi connectivity index (χ0v) is 18.5. The Morgan fingerprint density at radius 1 is 0.514 bits per heavy atom. The lowest BCUT2D eigenvalue weighted by Gasteiger charge is -2.14. The van der Waals surface area contributed by atoms with Gasteiger partial charge >= 0.3 is 0 Å². The fourth-order valence-electron chi connectivity index (χ4n) is 6.29. The van der Waals surface area contributed by atoms with Gasteiger partial charge in [0.25, 0.3) is 0 Å². The van der Waals surface area contributed by atoms with Crippen molar-refractivity contribution in [3.63, 3.8) is 0 Å². The molecule has 0 amide bonds. The van der Waals surface area contributed by atoms with Gasteiger partial charge in [-0.3, -0.25) is 15.0 Å². The van der Waals surface area contributed by atoms with Gasteiger partial charge in [-0.15, -0.1) is 0 Å². The topological polar surface area (TPSA) is 43.6 Å². The maximum atomic E-state index is 4.74. The molecule has 0 unspecified atom stereocenters. The molecule has 35 heavy (non-hydrogen) atoms. The fourth-order valence-corrected chi connectivity index (χ4v) is 6.29. The van der Waals surface area contributed by atoms with Crippen LogP contribution in [0.15, 0.2) is 97.6 Å². The van der Waals surface area contributed by atoms with E-state index in [9.17, 15) is 0 Å². The molecule has 8 aromatic rings. The van der Waals surface area contributed by atoms with Crippen LogP contribution in [-0.2, 0) is 0 Å². The predicted molar refractivity (Wildman–Crippen MR) is 143 cm³/mol. The Morgan fingerprint density at radius 2 is 1.29 bits per heavy atom. The van der Waals surface area contributed by atoms with Crippen molar-refractivity contribution in [3.8, 4) is 16.8 Å². The third kappa shape index (κ3) is 2.02. The number of nitrogens with zero attached hydrogens (tertiary/aromatic N) is 4. The SMILES string of the molecule is c1cc2c3c(c1)ccc1c3c3c4c(ccc5cncc-2c54)ccc3n1-c1ccnc2cccnc12. The second-order valence-corrected chi connectivity index (χ2v) is 9.31. The third-order valence-corrected chi connectivity index (χ3v) is 7.64. The van der Waals surface area contributed by atoms with Gasteiger partial charge in [0.05, 0.1) is 22.2 Å². The molecule has 1 aliphatic carbocycles. The normalized spacial score (nSPS) is 12.6. The summed E-state index contributed by atoms with van der Waals surface area (Å²) in [5.41, 5.74) is 7.67. The van der Waals surface area contributed by atoms with Crippen LogP contribution in [0.2, 0.25) is 0 Å². The summed E-state index contributed by atoms with van der Waals surface area (Å²) in [5, 5.41) is 10.1. The zero-order valence-electron chi connectivity index (χ0n) is 18.5. The van der Waals surface area contributed by atoms with E-state index >= 15 is 0 Å². The highest BCUT2D eigenvalue weighted by Gasteiger charge is 2.24. The number of rotatable bonds is 1. The smallest absolute Gasteiger partial charge is 0.113 e. The Labute approximate surface area is 199 Å². The Bertz CT molecular complexity index is 2220. The minimum Gasteiger partial charge on any atom is -0.307 e. The second-order valence-electron chi connectivity index (χ2n) is 9.31. The van der Waals surface area contributed by atoms with Crippen molar-refractivity contribution in [3.05, 3.63) is 97.6 Å². The van der Waals surface area contributed by atoms with Gasteiger partial charge in [0, 0.05) is 57.3 Å². The first-order valence-corrected chi connectivity index (χ1v) is 11.8. The summed E-state index contributed by atoms with van der Waals surface area (Å²) in [6.07, 6.45) is 7.76. The van der Waals surface area contributed by atoms with Crippen LogP contribution in [0.5, 0.6) is 0 Å². The van der Waals surface area contributed by atoms with Crippen molar-refractivity contribution in [2.24, 2.45) is 0 Å². The van der Waals surface area contributed by atoms with Crippen LogP contribution < -0.4 is 0 Å². The van der Waals surface area contributed by atoms with E-state index in [0.29, 0.717) is 0 Å². The van der Waals surface area contributed by atoms with Crippen molar-refractivity contribution < 1.29 is 0 Å². The molecule has 160 valence electrons. The van der Waals surface area contributed by atoms with Gasteiger partial charge in [0.1, 0.15) is 5.52 Å². The average Bonchev–Trinajstić information content (AvgIpc) is 3.19. The van der Waals surface area contributed by atoms with Crippen molar-refractivity contribution in [2.45, 2.75) is 0 Å². The summed E-state index contributed by atoms with van der Waals surface area (Å²) in [5.74, 6) is 0. The summed E-state index contributed by atoms with van der Waals surface area (Å²) in [6.45, 7) is 0. The number of benzene rings is 4. The van der Waals surface area contributed by atoms with Crippen LogP contribution in [0.1, 0.15) is 0 Å². The quantitative estimate of drug-likeness (QED) is 0.245. The highest BCUT2D eigenvalue weighted by molar-refractivity contribution is 6.38. The Morgan fingerprint density at radius 3 is 2.20 bits per heavy atom. The van der Waals surface area contributed by atoms with Crippen molar-refractivity contribution in [2.75, 3.05) is 0 Å². The molecule has 0 bridgehead atoms. The second kappa shape index (κ2) is 5.99. The van der Waals surface area contributed by atoms with Crippen LogP contribution in [0, 0.1) is 0 Å². The molecular formula is C31H16N4. The minimum atomic E-state index is 0.896. The van der Waals surface area contributed by atoms with E-state index in [1.165, 1.54) is 65.3 Å². The van der Waals surface area contributed by atoms with Crippen LogP contribution in [0.4, 0.5) is 0 Å². The Balaban J connectivity index is 1.66. The van der Waals surface area contributed by atoms with Gasteiger partial charge in [-0.2, -0.15) is 0 Å². The van der Waals surface area contributed by atoms with Gasteiger partial charge in [-0.25, -0.2) is 0 Å². The molecule has 0 N–H and O–H groups in total. The van der Waals surface area contributed by atoms with Gasteiger partial charge in [0.2, 0.25) is 0 Å². The van der Waals surface area contributed by atoms with E-state index in [-0.39, 0.29) is 0 Å². The van der Waals surface area contributed by atoms with Gasteiger partial charge in [-0.05, 0) is 52.1 Å². The molecule has 4 heteroatoms. The molecule has 0 radical (unpaired) electrons. The van der Waals surface area contributed by atoms with Crippen LogP contribution in [-0.4, -0.2) is 19.5 Å². The summed E-state index contributed by atoms with van der Waals surface area (Å²) in [7, 11) is 0.